The van der Waals surface area contributed by atoms with E-state index in [1.165, 1.54) is 0 Å². The summed E-state index contributed by atoms with van der Waals surface area (Å²) >= 11 is 0. The van der Waals surface area contributed by atoms with Crippen LogP contribution in [0.3, 0.4) is 0 Å². The molecular formula is C51H31N5O. The number of fused-ring (bicyclic) bond motifs is 9. The largest absolute Gasteiger partial charge is 0.456 e. The van der Waals surface area contributed by atoms with Crippen molar-refractivity contribution in [2.24, 2.45) is 0 Å². The smallest absolute Gasteiger partial charge is 0.240 e. The van der Waals surface area contributed by atoms with Crippen molar-refractivity contribution in [1.29, 1.82) is 0 Å². The van der Waals surface area contributed by atoms with Gasteiger partial charge in [-0.05, 0) is 76.9 Å². The van der Waals surface area contributed by atoms with Crippen molar-refractivity contribution >= 4 is 65.6 Å². The Labute approximate surface area is 326 Å². The normalized spacial score (nSPS) is 11.9. The second-order valence-corrected chi connectivity index (χ2v) is 14.5. The van der Waals surface area contributed by atoms with Crippen LogP contribution in [0, 0.1) is 0 Å². The van der Waals surface area contributed by atoms with Gasteiger partial charge in [0.15, 0.2) is 5.82 Å². The standard InChI is InChI=1S/C51H31N5O/c1-6-22-43-37(17-1)38-18-2-7-23-44(38)55(43)50-52-49(53-51(54-50)56-45-24-8-3-19-39(45)40-20-4-9-25-46(40)56)36-16-12-15-34(30-36)32-13-11-14-33(29-32)35-27-28-42-41-21-5-10-26-47(41)57-48(42)31-35/h1-31H. The van der Waals surface area contributed by atoms with Crippen LogP contribution in [-0.4, -0.2) is 24.1 Å². The Morgan fingerprint density at radius 1 is 0.298 bits per heavy atom. The molecule has 0 aliphatic heterocycles. The lowest BCUT2D eigenvalue weighted by Crippen LogP contribution is -2.10. The minimum absolute atomic E-state index is 0.558. The van der Waals surface area contributed by atoms with E-state index in [2.05, 4.69) is 185 Å². The topological polar surface area (TPSA) is 61.7 Å². The maximum Gasteiger partial charge on any atom is 0.240 e. The second-order valence-electron chi connectivity index (χ2n) is 14.5. The number of para-hydroxylation sites is 5. The third-order valence-electron chi connectivity index (χ3n) is 11.2. The minimum Gasteiger partial charge on any atom is -0.456 e. The van der Waals surface area contributed by atoms with Crippen molar-refractivity contribution in [3.63, 3.8) is 0 Å². The fourth-order valence-corrected chi connectivity index (χ4v) is 8.58. The van der Waals surface area contributed by atoms with Crippen LogP contribution in [0.2, 0.25) is 0 Å². The lowest BCUT2D eigenvalue weighted by molar-refractivity contribution is 0.669. The van der Waals surface area contributed by atoms with Gasteiger partial charge in [-0.15, -0.1) is 0 Å². The molecule has 12 rings (SSSR count). The highest BCUT2D eigenvalue weighted by atomic mass is 16.3. The molecule has 6 nitrogen and oxygen atoms in total. The molecule has 0 fully saturated rings. The first kappa shape index (κ1) is 31.5. The van der Waals surface area contributed by atoms with E-state index in [4.69, 9.17) is 19.4 Å². The molecule has 0 unspecified atom stereocenters. The zero-order chi connectivity index (χ0) is 37.5. The molecule has 6 heteroatoms. The van der Waals surface area contributed by atoms with Crippen molar-refractivity contribution in [3.05, 3.63) is 188 Å². The average Bonchev–Trinajstić information content (AvgIpc) is 3.94. The molecule has 4 heterocycles. The number of aromatic nitrogens is 5. The van der Waals surface area contributed by atoms with Gasteiger partial charge >= 0.3 is 0 Å². The van der Waals surface area contributed by atoms with Crippen LogP contribution >= 0.6 is 0 Å². The number of nitrogens with zero attached hydrogens (tertiary/aromatic N) is 5. The predicted molar refractivity (Wildman–Crippen MR) is 232 cm³/mol. The van der Waals surface area contributed by atoms with Gasteiger partial charge in [0.1, 0.15) is 11.2 Å². The van der Waals surface area contributed by atoms with Crippen LogP contribution in [0.15, 0.2) is 192 Å². The Morgan fingerprint density at radius 3 is 1.23 bits per heavy atom. The van der Waals surface area contributed by atoms with E-state index in [0.29, 0.717) is 17.7 Å². The molecule has 12 aromatic rings. The monoisotopic (exact) mass is 729 g/mol. The van der Waals surface area contributed by atoms with E-state index in [1.807, 2.05) is 12.1 Å². The number of rotatable bonds is 5. The van der Waals surface area contributed by atoms with Crippen molar-refractivity contribution in [1.82, 2.24) is 24.1 Å². The quantitative estimate of drug-likeness (QED) is 0.177. The van der Waals surface area contributed by atoms with Crippen LogP contribution in [0.5, 0.6) is 0 Å². The summed E-state index contributed by atoms with van der Waals surface area (Å²) in [4.78, 5) is 15.9. The Balaban J connectivity index is 1.04. The number of benzene rings is 8. The van der Waals surface area contributed by atoms with Gasteiger partial charge in [-0.3, -0.25) is 9.13 Å². The Kier molecular flexibility index (Phi) is 6.83. The SMILES string of the molecule is c1cc(-c2cccc(-c3nc(-n4c5ccccc5c5ccccc54)nc(-n4c5ccccc5c5ccccc54)n3)c2)cc(-c2ccc3c(c2)oc2ccccc23)c1. The highest BCUT2D eigenvalue weighted by molar-refractivity contribution is 6.10. The molecular weight excluding hydrogens is 699 g/mol. The zero-order valence-electron chi connectivity index (χ0n) is 30.5. The first-order chi connectivity index (χ1) is 28.2. The van der Waals surface area contributed by atoms with E-state index >= 15 is 0 Å². The summed E-state index contributed by atoms with van der Waals surface area (Å²) in [7, 11) is 0. The highest BCUT2D eigenvalue weighted by Gasteiger charge is 2.20. The first-order valence-corrected chi connectivity index (χ1v) is 19.1. The van der Waals surface area contributed by atoms with Gasteiger partial charge in [-0.2, -0.15) is 15.0 Å². The van der Waals surface area contributed by atoms with Gasteiger partial charge in [-0.25, -0.2) is 0 Å². The maximum atomic E-state index is 6.24. The van der Waals surface area contributed by atoms with Crippen LogP contribution in [0.4, 0.5) is 0 Å². The fourth-order valence-electron chi connectivity index (χ4n) is 8.58. The summed E-state index contributed by atoms with van der Waals surface area (Å²) < 4.78 is 10.6. The first-order valence-electron chi connectivity index (χ1n) is 19.1. The zero-order valence-corrected chi connectivity index (χ0v) is 30.5. The molecule has 0 N–H and O–H groups in total. The van der Waals surface area contributed by atoms with Crippen LogP contribution < -0.4 is 0 Å². The average molecular weight is 730 g/mol. The number of hydrogen-bond donors (Lipinski definition) is 0. The fraction of sp³-hybridized carbons (Fsp3) is 0. The molecule has 57 heavy (non-hydrogen) atoms. The molecule has 266 valence electrons. The Bertz CT molecular complexity index is 3310. The van der Waals surface area contributed by atoms with Crippen molar-refractivity contribution in [3.8, 4) is 45.5 Å². The van der Waals surface area contributed by atoms with E-state index in [-0.39, 0.29) is 0 Å². The van der Waals surface area contributed by atoms with Crippen molar-refractivity contribution in [2.45, 2.75) is 0 Å². The summed E-state index contributed by atoms with van der Waals surface area (Å²) in [6.07, 6.45) is 0. The molecule has 0 amide bonds. The van der Waals surface area contributed by atoms with E-state index in [1.54, 1.807) is 0 Å². The van der Waals surface area contributed by atoms with Crippen molar-refractivity contribution < 1.29 is 4.42 Å². The lowest BCUT2D eigenvalue weighted by Gasteiger charge is -2.13. The summed E-state index contributed by atoms with van der Waals surface area (Å²) in [5, 5.41) is 6.84. The number of furan rings is 1. The molecule has 0 aliphatic rings. The van der Waals surface area contributed by atoms with Gasteiger partial charge in [-0.1, -0.05) is 133 Å². The van der Waals surface area contributed by atoms with Crippen LogP contribution in [0.25, 0.3) is 111 Å². The summed E-state index contributed by atoms with van der Waals surface area (Å²) in [6.45, 7) is 0. The maximum absolute atomic E-state index is 6.24. The van der Waals surface area contributed by atoms with Crippen LogP contribution in [0.1, 0.15) is 0 Å². The number of hydrogen-bond acceptors (Lipinski definition) is 4. The second kappa shape index (κ2) is 12.3. The third kappa shape index (κ3) is 4.94. The Morgan fingerprint density at radius 2 is 0.702 bits per heavy atom. The molecule has 0 bridgehead atoms. The van der Waals surface area contributed by atoms with Gasteiger partial charge in [0.2, 0.25) is 11.9 Å². The third-order valence-corrected chi connectivity index (χ3v) is 11.2. The summed E-state index contributed by atoms with van der Waals surface area (Å²) in [5.41, 5.74) is 11.2. The van der Waals surface area contributed by atoms with Gasteiger partial charge in [0.25, 0.3) is 0 Å². The molecule has 0 atom stereocenters. The van der Waals surface area contributed by atoms with E-state index in [9.17, 15) is 0 Å². The Hall–Kier alpha value is -7.83. The van der Waals surface area contributed by atoms with Crippen molar-refractivity contribution in [2.75, 3.05) is 0 Å². The summed E-state index contributed by atoms with van der Waals surface area (Å²) in [6, 6.07) is 65.6. The van der Waals surface area contributed by atoms with Gasteiger partial charge in [0.05, 0.1) is 22.1 Å². The minimum atomic E-state index is 0.558. The molecule has 0 saturated heterocycles. The molecule has 0 aliphatic carbocycles. The molecule has 0 radical (unpaired) electrons. The van der Waals surface area contributed by atoms with Crippen LogP contribution in [-0.2, 0) is 0 Å². The molecule has 8 aromatic carbocycles. The molecule has 0 spiro atoms. The lowest BCUT2D eigenvalue weighted by atomic mass is 9.97. The van der Waals surface area contributed by atoms with E-state index < -0.39 is 0 Å². The van der Waals surface area contributed by atoms with Gasteiger partial charge in [0, 0.05) is 37.9 Å². The summed E-state index contributed by atoms with van der Waals surface area (Å²) in [5.74, 6) is 1.71. The molecule has 0 saturated carbocycles. The highest BCUT2D eigenvalue weighted by Crippen LogP contribution is 2.37. The molecule has 4 aromatic heterocycles. The van der Waals surface area contributed by atoms with Gasteiger partial charge < -0.3 is 4.42 Å². The predicted octanol–water partition coefficient (Wildman–Crippen LogP) is 13.0. The van der Waals surface area contributed by atoms with E-state index in [0.717, 1.165) is 93.4 Å².